The first kappa shape index (κ1) is 16.6. The van der Waals surface area contributed by atoms with Crippen molar-refractivity contribution in [1.82, 2.24) is 15.1 Å². The Balaban J connectivity index is 1.81. The molecule has 3 amide bonds. The predicted molar refractivity (Wildman–Crippen MR) is 86.0 cm³/mol. The maximum Gasteiger partial charge on any atom is 0.409 e. The number of carbonyl (C=O) groups excluding carboxylic acids is 2. The molecule has 7 heteroatoms. The van der Waals surface area contributed by atoms with E-state index in [1.807, 2.05) is 31.5 Å². The Morgan fingerprint density at radius 1 is 1.45 bits per heavy atom. The van der Waals surface area contributed by atoms with Gasteiger partial charge < -0.3 is 19.9 Å². The molecule has 1 aliphatic heterocycles. The number of ether oxygens (including phenoxy) is 1. The summed E-state index contributed by atoms with van der Waals surface area (Å²) < 4.78 is 4.71. The fraction of sp³-hybridized carbons (Fsp3) is 0.600. The van der Waals surface area contributed by atoms with Crippen molar-refractivity contribution < 1.29 is 14.3 Å². The molecule has 0 spiro atoms. The molecule has 1 aliphatic rings. The summed E-state index contributed by atoms with van der Waals surface area (Å²) in [7, 11) is 3.19. The van der Waals surface area contributed by atoms with Gasteiger partial charge in [-0.2, -0.15) is 0 Å². The zero-order chi connectivity index (χ0) is 16.1. The third-order valence-electron chi connectivity index (χ3n) is 4.11. The highest BCUT2D eigenvalue weighted by molar-refractivity contribution is 7.10. The van der Waals surface area contributed by atoms with Gasteiger partial charge in [-0.3, -0.25) is 0 Å². The van der Waals surface area contributed by atoms with E-state index in [-0.39, 0.29) is 24.2 Å². The van der Waals surface area contributed by atoms with Crippen LogP contribution in [0.3, 0.4) is 0 Å². The predicted octanol–water partition coefficient (Wildman–Crippen LogP) is 2.68. The third kappa shape index (κ3) is 3.91. The standard InChI is InChI=1S/C15H23N3O3S/c1-11(13-5-4-10-22-13)17(2)14(19)16-12-6-8-18(9-7-12)15(20)21-3/h4-5,10-12H,6-9H2,1-3H3,(H,16,19). The Morgan fingerprint density at radius 2 is 2.14 bits per heavy atom. The number of nitrogens with zero attached hydrogens (tertiary/aromatic N) is 2. The lowest BCUT2D eigenvalue weighted by molar-refractivity contribution is 0.109. The van der Waals surface area contributed by atoms with Crippen molar-refractivity contribution in [2.45, 2.75) is 31.8 Å². The van der Waals surface area contributed by atoms with Crippen LogP contribution in [0.15, 0.2) is 17.5 Å². The van der Waals surface area contributed by atoms with E-state index in [0.29, 0.717) is 13.1 Å². The van der Waals surface area contributed by atoms with Crippen molar-refractivity contribution in [2.75, 3.05) is 27.2 Å². The monoisotopic (exact) mass is 325 g/mol. The summed E-state index contributed by atoms with van der Waals surface area (Å²) >= 11 is 1.65. The number of likely N-dealkylation sites (tertiary alicyclic amines) is 1. The summed E-state index contributed by atoms with van der Waals surface area (Å²) in [4.78, 5) is 28.3. The van der Waals surface area contributed by atoms with Crippen LogP contribution in [-0.2, 0) is 4.74 Å². The van der Waals surface area contributed by atoms with Crippen LogP contribution in [0, 0.1) is 0 Å². The molecule has 22 heavy (non-hydrogen) atoms. The number of carbonyl (C=O) groups is 2. The van der Waals surface area contributed by atoms with Gasteiger partial charge in [0.2, 0.25) is 0 Å². The fourth-order valence-corrected chi connectivity index (χ4v) is 3.33. The highest BCUT2D eigenvalue weighted by atomic mass is 32.1. The van der Waals surface area contributed by atoms with Crippen molar-refractivity contribution in [3.8, 4) is 0 Å². The fourth-order valence-electron chi connectivity index (χ4n) is 2.51. The number of nitrogens with one attached hydrogen (secondary N) is 1. The molecule has 1 atom stereocenters. The molecule has 0 bridgehead atoms. The first-order valence-corrected chi connectivity index (χ1v) is 8.30. The first-order chi connectivity index (χ1) is 10.5. The molecular weight excluding hydrogens is 302 g/mol. The number of thiophene rings is 1. The lowest BCUT2D eigenvalue weighted by Crippen LogP contribution is -2.49. The Bertz CT molecular complexity index is 498. The molecule has 1 unspecified atom stereocenters. The molecule has 1 saturated heterocycles. The van der Waals surface area contributed by atoms with Crippen LogP contribution in [0.4, 0.5) is 9.59 Å². The molecule has 0 aliphatic carbocycles. The second kappa shape index (κ2) is 7.49. The second-order valence-corrected chi connectivity index (χ2v) is 6.46. The van der Waals surface area contributed by atoms with Gasteiger partial charge in [0.05, 0.1) is 13.2 Å². The van der Waals surface area contributed by atoms with Crippen LogP contribution in [0.1, 0.15) is 30.7 Å². The maximum absolute atomic E-state index is 12.3. The summed E-state index contributed by atoms with van der Waals surface area (Å²) in [6, 6.07) is 4.11. The SMILES string of the molecule is COC(=O)N1CCC(NC(=O)N(C)C(C)c2cccs2)CC1. The Hall–Kier alpha value is -1.76. The number of rotatable bonds is 3. The number of hydrogen-bond donors (Lipinski definition) is 1. The van der Waals surface area contributed by atoms with E-state index >= 15 is 0 Å². The normalized spacial score (nSPS) is 17.0. The summed E-state index contributed by atoms with van der Waals surface area (Å²) in [5.41, 5.74) is 0. The Kier molecular flexibility index (Phi) is 5.65. The average molecular weight is 325 g/mol. The van der Waals surface area contributed by atoms with Crippen molar-refractivity contribution >= 4 is 23.5 Å². The lowest BCUT2D eigenvalue weighted by Gasteiger charge is -2.33. The van der Waals surface area contributed by atoms with Crippen molar-refractivity contribution in [3.63, 3.8) is 0 Å². The molecule has 0 radical (unpaired) electrons. The van der Waals surface area contributed by atoms with Crippen LogP contribution in [0.25, 0.3) is 0 Å². The third-order valence-corrected chi connectivity index (χ3v) is 5.15. The molecule has 6 nitrogen and oxygen atoms in total. The van der Waals surface area contributed by atoms with E-state index in [1.165, 1.54) is 7.11 Å². The van der Waals surface area contributed by atoms with Gasteiger partial charge in [0, 0.05) is 31.1 Å². The van der Waals surface area contributed by atoms with Gasteiger partial charge in [-0.05, 0) is 31.2 Å². The van der Waals surface area contributed by atoms with Crippen LogP contribution in [0.2, 0.25) is 0 Å². The molecule has 122 valence electrons. The number of amides is 3. The largest absolute Gasteiger partial charge is 0.453 e. The number of piperidine rings is 1. The molecule has 2 rings (SSSR count). The number of hydrogen-bond acceptors (Lipinski definition) is 4. The van der Waals surface area contributed by atoms with E-state index in [1.54, 1.807) is 21.1 Å². The van der Waals surface area contributed by atoms with Crippen LogP contribution in [-0.4, -0.2) is 55.2 Å². The quantitative estimate of drug-likeness (QED) is 0.929. The van der Waals surface area contributed by atoms with Gasteiger partial charge in [-0.1, -0.05) is 6.07 Å². The number of urea groups is 1. The van der Waals surface area contributed by atoms with Crippen LogP contribution in [0.5, 0.6) is 0 Å². The van der Waals surface area contributed by atoms with E-state index in [9.17, 15) is 9.59 Å². The minimum Gasteiger partial charge on any atom is -0.453 e. The average Bonchev–Trinajstić information content (AvgIpc) is 3.07. The van der Waals surface area contributed by atoms with Gasteiger partial charge in [0.1, 0.15) is 0 Å². The molecule has 1 aromatic heterocycles. The summed E-state index contributed by atoms with van der Waals surface area (Å²) in [5, 5.41) is 5.07. The Labute approximate surface area is 135 Å². The lowest BCUT2D eigenvalue weighted by atomic mass is 10.1. The zero-order valence-corrected chi connectivity index (χ0v) is 14.1. The highest BCUT2D eigenvalue weighted by Crippen LogP contribution is 2.23. The van der Waals surface area contributed by atoms with Gasteiger partial charge in [-0.15, -0.1) is 11.3 Å². The van der Waals surface area contributed by atoms with Gasteiger partial charge >= 0.3 is 12.1 Å². The van der Waals surface area contributed by atoms with E-state index < -0.39 is 0 Å². The smallest absolute Gasteiger partial charge is 0.409 e. The van der Waals surface area contributed by atoms with Gasteiger partial charge in [0.15, 0.2) is 0 Å². The van der Waals surface area contributed by atoms with E-state index in [4.69, 9.17) is 4.74 Å². The first-order valence-electron chi connectivity index (χ1n) is 7.42. The molecule has 0 saturated carbocycles. The van der Waals surface area contributed by atoms with Crippen molar-refractivity contribution in [3.05, 3.63) is 22.4 Å². The van der Waals surface area contributed by atoms with Crippen LogP contribution < -0.4 is 5.32 Å². The van der Waals surface area contributed by atoms with Gasteiger partial charge in [-0.25, -0.2) is 9.59 Å². The molecule has 1 N–H and O–H groups in total. The summed E-state index contributed by atoms with van der Waals surface area (Å²) in [6.07, 6.45) is 1.21. The Morgan fingerprint density at radius 3 is 2.68 bits per heavy atom. The molecule has 0 aromatic carbocycles. The topological polar surface area (TPSA) is 61.9 Å². The highest BCUT2D eigenvalue weighted by Gasteiger charge is 2.26. The maximum atomic E-state index is 12.3. The summed E-state index contributed by atoms with van der Waals surface area (Å²) in [5.74, 6) is 0. The van der Waals surface area contributed by atoms with Crippen molar-refractivity contribution in [1.29, 1.82) is 0 Å². The van der Waals surface area contributed by atoms with Crippen molar-refractivity contribution in [2.24, 2.45) is 0 Å². The van der Waals surface area contributed by atoms with E-state index in [0.717, 1.165) is 17.7 Å². The van der Waals surface area contributed by atoms with Crippen LogP contribution >= 0.6 is 11.3 Å². The second-order valence-electron chi connectivity index (χ2n) is 5.48. The molecular formula is C15H23N3O3S. The minimum absolute atomic E-state index is 0.0511. The summed E-state index contributed by atoms with van der Waals surface area (Å²) in [6.45, 7) is 3.24. The molecule has 1 fully saturated rings. The number of methoxy groups -OCH3 is 1. The molecule has 2 heterocycles. The van der Waals surface area contributed by atoms with E-state index in [2.05, 4.69) is 5.32 Å². The zero-order valence-electron chi connectivity index (χ0n) is 13.2. The minimum atomic E-state index is -0.298. The van der Waals surface area contributed by atoms with Gasteiger partial charge in [0.25, 0.3) is 0 Å². The molecule has 1 aromatic rings.